The number of rotatable bonds is 10. The molecule has 27 heteroatoms. The van der Waals surface area contributed by atoms with Crippen molar-refractivity contribution in [3.05, 3.63) is 145 Å². The van der Waals surface area contributed by atoms with E-state index in [0.29, 0.717) is 53.2 Å². The Balaban J connectivity index is 0.000000146. The van der Waals surface area contributed by atoms with Gasteiger partial charge in [0.1, 0.15) is 34.1 Å². The van der Waals surface area contributed by atoms with Crippen molar-refractivity contribution in [2.75, 3.05) is 24.0 Å². The maximum atomic E-state index is 13.1. The van der Waals surface area contributed by atoms with Crippen molar-refractivity contribution in [1.82, 2.24) is 79.7 Å². The highest BCUT2D eigenvalue weighted by atomic mass is 32.2. The van der Waals surface area contributed by atoms with Crippen molar-refractivity contribution >= 4 is 54.5 Å². The number of hydrogen-bond donors (Lipinski definition) is 6. The molecule has 4 atom stereocenters. The quantitative estimate of drug-likeness (QED) is 0.0906. The molecule has 83 heavy (non-hydrogen) atoms. The van der Waals surface area contributed by atoms with E-state index in [9.17, 15) is 26.4 Å². The molecule has 8 N–H and O–H groups in total. The number of hydrogen-bond acceptors (Lipinski definition) is 19. The first-order valence-corrected chi connectivity index (χ1v) is 30.6. The number of nitrogens with two attached hydrogens (primary N) is 2. The van der Waals surface area contributed by atoms with E-state index < -0.39 is 25.6 Å². The van der Waals surface area contributed by atoms with Gasteiger partial charge in [-0.1, -0.05) is 72.8 Å². The van der Waals surface area contributed by atoms with Gasteiger partial charge in [0.05, 0.1) is 35.2 Å². The summed E-state index contributed by atoms with van der Waals surface area (Å²) in [6.07, 6.45) is 18.4. The van der Waals surface area contributed by atoms with Crippen molar-refractivity contribution < 1.29 is 31.5 Å². The third kappa shape index (κ3) is 10.6. The third-order valence-electron chi connectivity index (χ3n) is 15.8. The Kier molecular flexibility index (Phi) is 14.3. The maximum absolute atomic E-state index is 13.1. The number of aromatic nitrogens is 14. The lowest BCUT2D eigenvalue weighted by molar-refractivity contribution is 0.0555. The summed E-state index contributed by atoms with van der Waals surface area (Å²) >= 11 is 0. The molecule has 2 aromatic carbocycles. The van der Waals surface area contributed by atoms with Crippen LogP contribution in [0.4, 0.5) is 11.6 Å². The molecule has 12 heterocycles. The van der Waals surface area contributed by atoms with Crippen LogP contribution in [0.3, 0.4) is 0 Å². The Morgan fingerprint density at radius 1 is 0.554 bits per heavy atom. The third-order valence-corrected chi connectivity index (χ3v) is 18.1. The number of sulfone groups is 2. The minimum Gasteiger partial charge on any atom is -0.475 e. The van der Waals surface area contributed by atoms with Gasteiger partial charge >= 0.3 is 5.97 Å². The highest BCUT2D eigenvalue weighted by Gasteiger charge is 2.46. The minimum absolute atomic E-state index is 0.00314. The summed E-state index contributed by atoms with van der Waals surface area (Å²) in [5.41, 5.74) is 21.8. The van der Waals surface area contributed by atoms with Crippen molar-refractivity contribution in [2.24, 2.45) is 0 Å². The summed E-state index contributed by atoms with van der Waals surface area (Å²) in [5, 5.41) is 32.5. The molecule has 424 valence electrons. The number of aromatic amines is 2. The van der Waals surface area contributed by atoms with E-state index in [-0.39, 0.29) is 62.9 Å². The van der Waals surface area contributed by atoms with Gasteiger partial charge in [-0.3, -0.25) is 25.0 Å². The molecule has 0 spiro atoms. The number of carbonyl (C=O) groups excluding carboxylic acids is 1. The number of H-pyrrole nitrogens is 2. The van der Waals surface area contributed by atoms with Crippen LogP contribution in [0.5, 0.6) is 0 Å². The smallest absolute Gasteiger partial charge is 0.373 e. The molecule has 8 aromatic heterocycles. The topological polar surface area (TPSA) is 359 Å². The fourth-order valence-electron chi connectivity index (χ4n) is 12.2. The number of carbonyl (C=O) groups is 2. The zero-order chi connectivity index (χ0) is 57.7. The Morgan fingerprint density at radius 2 is 1.00 bits per heavy atom. The van der Waals surface area contributed by atoms with E-state index in [2.05, 4.69) is 55.8 Å². The second kappa shape index (κ2) is 21.9. The van der Waals surface area contributed by atoms with Gasteiger partial charge in [0.25, 0.3) is 5.91 Å². The number of nitrogen functional groups attached to an aromatic ring is 2. The molecule has 14 rings (SSSR count). The van der Waals surface area contributed by atoms with Gasteiger partial charge in [-0.15, -0.1) is 0 Å². The predicted molar refractivity (Wildman–Crippen MR) is 305 cm³/mol. The van der Waals surface area contributed by atoms with Crippen molar-refractivity contribution in [3.63, 3.8) is 0 Å². The number of piperidine rings is 2. The maximum Gasteiger partial charge on any atom is 0.373 e. The fourth-order valence-corrected chi connectivity index (χ4v) is 14.3. The first kappa shape index (κ1) is 54.3. The first-order chi connectivity index (χ1) is 40.0. The molecule has 1 amide bonds. The number of aromatic carboxylic acids is 1. The monoisotopic (exact) mass is 1160 g/mol. The summed E-state index contributed by atoms with van der Waals surface area (Å²) in [4.78, 5) is 51.6. The van der Waals surface area contributed by atoms with Crippen LogP contribution >= 0.6 is 0 Å². The lowest BCUT2D eigenvalue weighted by atomic mass is 9.87. The standard InChI is InChI=1S/C28H27N9O3S.C25H26N6O2S.C3H3N3O2/c1-41(39,40)24-23(18-11-19-8-9-20(12-18)36(19)28(38)26-31-15-32-35-26)34-27-21(14-33-37(27)25(24)29)17-7-10-22(30-13-17)16-5-3-2-4-6-16;1-34(32,33)23-22(17-11-18-8-9-19(12-17)29-18)30-25-20(14-28-31(25)24(23)26)16-7-10-21(27-13-16)15-5-3-2-4-6-15;7-3(8)2-4-1-5-6-2/h2-7,10,13-15,18-20H,8-9,11-12,29H2,1H3,(H,31,32,35);2-7,10,13-14,17-19,29H,8-9,11-12,26H2,1H3;1H,(H,7,8)(H,4,5,6). The number of fused-ring (bicyclic) bond motifs is 6. The molecule has 4 unspecified atom stereocenters. The highest BCUT2D eigenvalue weighted by molar-refractivity contribution is 7.91. The van der Waals surface area contributed by atoms with Gasteiger partial charge < -0.3 is 26.8 Å². The molecule has 25 nitrogen and oxygen atoms in total. The second-order valence-corrected chi connectivity index (χ2v) is 25.1. The van der Waals surface area contributed by atoms with E-state index in [4.69, 9.17) is 26.5 Å². The van der Waals surface area contributed by atoms with Gasteiger partial charge in [0.15, 0.2) is 31.0 Å². The molecule has 0 aliphatic carbocycles. The number of nitrogens with one attached hydrogen (secondary N) is 3. The van der Waals surface area contributed by atoms with Crippen LogP contribution < -0.4 is 16.8 Å². The van der Waals surface area contributed by atoms with E-state index in [1.54, 1.807) is 24.8 Å². The zero-order valence-corrected chi connectivity index (χ0v) is 46.5. The number of pyridine rings is 2. The molecular weight excluding hydrogens is 1100 g/mol. The Bertz CT molecular complexity index is 4240. The Morgan fingerprint density at radius 3 is 1.39 bits per heavy atom. The zero-order valence-electron chi connectivity index (χ0n) is 44.8. The van der Waals surface area contributed by atoms with Crippen LogP contribution in [0.15, 0.2) is 132 Å². The summed E-state index contributed by atoms with van der Waals surface area (Å²) in [6, 6.07) is 28.3. The lowest BCUT2D eigenvalue weighted by Gasteiger charge is -2.38. The molecule has 4 aliphatic rings. The average Bonchev–Trinajstić information content (AvgIpc) is 3.22. The molecular formula is C56H56N18O7S2. The molecule has 0 radical (unpaired) electrons. The largest absolute Gasteiger partial charge is 0.475 e. The molecule has 4 fully saturated rings. The SMILES string of the molecule is CS(=O)(=O)c1c(C2CC3CCC(C2)N3)nc2c(-c3ccc(-c4ccccc4)nc3)cnn2c1N.CS(=O)(=O)c1c(C2CC3CCC(C2)N3C(=O)c2ncn[nH]2)nc2c(-c3ccc(-c4ccccc4)nc3)cnn2c1N.O=C(O)c1ncn[nH]1. The lowest BCUT2D eigenvalue weighted by Crippen LogP contribution is -2.46. The van der Waals surface area contributed by atoms with E-state index in [1.165, 1.54) is 21.6 Å². The average molecular weight is 1160 g/mol. The van der Waals surface area contributed by atoms with Crippen LogP contribution in [0.1, 0.15) is 95.8 Å². The number of anilines is 2. The highest BCUT2D eigenvalue weighted by Crippen LogP contribution is 2.46. The normalized spacial score (nSPS) is 20.1. The van der Waals surface area contributed by atoms with E-state index in [1.807, 2.05) is 89.8 Å². The number of carboxylic acid groups (broad SMARTS) is 1. The van der Waals surface area contributed by atoms with E-state index in [0.717, 1.165) is 90.3 Å². The van der Waals surface area contributed by atoms with E-state index >= 15 is 0 Å². The van der Waals surface area contributed by atoms with Gasteiger partial charge in [-0.05, 0) is 63.5 Å². The fraction of sp³-hybridized carbons (Fsp3) is 0.286. The first-order valence-electron chi connectivity index (χ1n) is 26.8. The van der Waals surface area contributed by atoms with Gasteiger partial charge in [-0.2, -0.15) is 29.4 Å². The Labute approximate surface area is 474 Å². The molecule has 0 saturated carbocycles. The minimum atomic E-state index is -3.74. The summed E-state index contributed by atoms with van der Waals surface area (Å²) in [6.45, 7) is 0. The van der Waals surface area contributed by atoms with Gasteiger partial charge in [-0.25, -0.2) is 41.6 Å². The number of benzene rings is 2. The predicted octanol–water partition coefficient (Wildman–Crippen LogP) is 6.06. The van der Waals surface area contributed by atoms with Crippen LogP contribution in [0.2, 0.25) is 0 Å². The number of amides is 1. The summed E-state index contributed by atoms with van der Waals surface area (Å²) in [5.74, 6) is -1.23. The van der Waals surface area contributed by atoms with Crippen LogP contribution in [-0.2, 0) is 19.7 Å². The van der Waals surface area contributed by atoms with Crippen LogP contribution in [0.25, 0.3) is 56.1 Å². The summed E-state index contributed by atoms with van der Waals surface area (Å²) in [7, 11) is -7.33. The van der Waals surface area contributed by atoms with Crippen LogP contribution in [-0.4, -0.2) is 145 Å². The molecule has 4 bridgehead atoms. The number of nitrogens with zero attached hydrogens (tertiary/aromatic N) is 13. The molecule has 10 aromatic rings. The van der Waals surface area contributed by atoms with Crippen molar-refractivity contribution in [3.8, 4) is 44.8 Å². The van der Waals surface area contributed by atoms with Crippen LogP contribution in [0, 0.1) is 0 Å². The van der Waals surface area contributed by atoms with Crippen molar-refractivity contribution in [2.45, 2.75) is 97.2 Å². The van der Waals surface area contributed by atoms with Crippen molar-refractivity contribution in [1.29, 1.82) is 0 Å². The Hall–Kier alpha value is -9.34. The number of carboxylic acids is 1. The van der Waals surface area contributed by atoms with Gasteiger partial charge in [0, 0.05) is 94.3 Å². The summed E-state index contributed by atoms with van der Waals surface area (Å²) < 4.78 is 54.6. The molecule has 4 saturated heterocycles. The molecule has 4 aliphatic heterocycles. The second-order valence-electron chi connectivity index (χ2n) is 21.2. The van der Waals surface area contributed by atoms with Gasteiger partial charge in [0.2, 0.25) is 11.6 Å².